The molecule has 6 rings (SSSR count). The summed E-state index contributed by atoms with van der Waals surface area (Å²) in [5.41, 5.74) is 4.33. The minimum Gasteiger partial charge on any atom is -0.454 e. The van der Waals surface area contributed by atoms with Crippen molar-refractivity contribution in [1.82, 2.24) is 4.98 Å². The molecule has 9 heteroatoms. The summed E-state index contributed by atoms with van der Waals surface area (Å²) >= 11 is 15.6. The second-order valence-corrected chi connectivity index (χ2v) is 11.3. The minimum atomic E-state index is -0.319. The maximum absolute atomic E-state index is 13.3. The van der Waals surface area contributed by atoms with Gasteiger partial charge in [-0.2, -0.15) is 0 Å². The fraction of sp³-hybridized carbons (Fsp3) is 0.111. The average molecular weight is 553 g/mol. The Labute approximate surface area is 225 Å². The maximum Gasteiger partial charge on any atom is 0.257 e. The summed E-state index contributed by atoms with van der Waals surface area (Å²) in [7, 11) is 0. The van der Waals surface area contributed by atoms with Crippen molar-refractivity contribution >= 4 is 67.0 Å². The number of para-hydroxylation sites is 1. The normalized spacial score (nSPS) is 12.3. The van der Waals surface area contributed by atoms with E-state index >= 15 is 0 Å². The van der Waals surface area contributed by atoms with Gasteiger partial charge in [-0.15, -0.1) is 22.7 Å². The fourth-order valence-electron chi connectivity index (χ4n) is 4.13. The lowest BCUT2D eigenvalue weighted by Gasteiger charge is -2.07. The number of benzene rings is 3. The van der Waals surface area contributed by atoms with Gasteiger partial charge < -0.3 is 14.8 Å². The smallest absolute Gasteiger partial charge is 0.257 e. The van der Waals surface area contributed by atoms with Crippen molar-refractivity contribution in [2.45, 2.75) is 13.3 Å². The molecule has 3 aromatic carbocycles. The predicted octanol–water partition coefficient (Wildman–Crippen LogP) is 8.21. The summed E-state index contributed by atoms with van der Waals surface area (Å²) < 4.78 is 12.1. The lowest BCUT2D eigenvalue weighted by Crippen LogP contribution is -2.12. The Balaban J connectivity index is 1.42. The molecule has 0 saturated carbocycles. The van der Waals surface area contributed by atoms with Crippen LogP contribution in [0.3, 0.4) is 0 Å². The first-order valence-corrected chi connectivity index (χ1v) is 13.5. The molecule has 0 fully saturated rings. The van der Waals surface area contributed by atoms with Gasteiger partial charge in [0.25, 0.3) is 5.91 Å². The van der Waals surface area contributed by atoms with Crippen molar-refractivity contribution in [1.29, 1.82) is 0 Å². The Morgan fingerprint density at radius 1 is 1.03 bits per heavy atom. The Bertz CT molecular complexity index is 1610. The largest absolute Gasteiger partial charge is 0.454 e. The molecule has 5 nitrogen and oxygen atoms in total. The first-order valence-electron chi connectivity index (χ1n) is 11.1. The molecular formula is C27H18Cl2N2O3S2. The highest BCUT2D eigenvalue weighted by molar-refractivity contribution is 7.23. The van der Waals surface area contributed by atoms with Crippen LogP contribution in [0, 0.1) is 6.92 Å². The van der Waals surface area contributed by atoms with Gasteiger partial charge in [0.2, 0.25) is 6.79 Å². The van der Waals surface area contributed by atoms with E-state index in [-0.39, 0.29) is 12.7 Å². The molecule has 0 spiro atoms. The van der Waals surface area contributed by atoms with Gasteiger partial charge in [0.15, 0.2) is 11.5 Å². The van der Waals surface area contributed by atoms with Crippen molar-refractivity contribution in [3.05, 3.63) is 92.3 Å². The summed E-state index contributed by atoms with van der Waals surface area (Å²) in [6.45, 7) is 2.31. The summed E-state index contributed by atoms with van der Waals surface area (Å²) in [5.74, 6) is 1.18. The van der Waals surface area contributed by atoms with Crippen molar-refractivity contribution < 1.29 is 14.3 Å². The van der Waals surface area contributed by atoms with Crippen molar-refractivity contribution in [3.63, 3.8) is 0 Å². The number of fused-ring (bicyclic) bond motifs is 2. The topological polar surface area (TPSA) is 60.5 Å². The zero-order chi connectivity index (χ0) is 24.8. The highest BCUT2D eigenvalue weighted by Crippen LogP contribution is 2.45. The number of carbonyl (C=O) groups excluding carboxylic acids is 1. The SMILES string of the molecule is Cc1c(Cc2ccc3c(c2)OCO3)sc(NC(=O)c2cc(Cl)ccc2Cl)c1-c1nc2ccccc2s1. The van der Waals surface area contributed by atoms with Crippen molar-refractivity contribution in [3.8, 4) is 22.1 Å². The third-order valence-electron chi connectivity index (χ3n) is 5.96. The number of ether oxygens (including phenoxy) is 2. The Kier molecular flexibility index (Phi) is 6.09. The van der Waals surface area contributed by atoms with Crippen LogP contribution in [0.25, 0.3) is 20.8 Å². The molecule has 1 amide bonds. The Morgan fingerprint density at radius 3 is 2.72 bits per heavy atom. The van der Waals surface area contributed by atoms with Crippen LogP contribution in [0.4, 0.5) is 5.00 Å². The van der Waals surface area contributed by atoms with E-state index in [4.69, 9.17) is 37.7 Å². The molecule has 0 atom stereocenters. The fourth-order valence-corrected chi connectivity index (χ4v) is 6.88. The van der Waals surface area contributed by atoms with E-state index in [0.717, 1.165) is 53.3 Å². The number of hydrogen-bond donors (Lipinski definition) is 1. The maximum atomic E-state index is 13.3. The molecule has 0 unspecified atom stereocenters. The summed E-state index contributed by atoms with van der Waals surface area (Å²) in [6, 6.07) is 18.8. The quantitative estimate of drug-likeness (QED) is 0.238. The van der Waals surface area contributed by atoms with Crippen LogP contribution in [0.5, 0.6) is 11.5 Å². The van der Waals surface area contributed by atoms with Crippen molar-refractivity contribution in [2.75, 3.05) is 12.1 Å². The second-order valence-electron chi connectivity index (χ2n) is 8.28. The average Bonchev–Trinajstić information content (AvgIpc) is 3.57. The van der Waals surface area contributed by atoms with E-state index in [1.54, 1.807) is 29.5 Å². The number of amides is 1. The Morgan fingerprint density at radius 2 is 1.86 bits per heavy atom. The Hall–Kier alpha value is -3.10. The molecule has 0 aliphatic carbocycles. The number of thiophene rings is 1. The molecule has 180 valence electrons. The third-order valence-corrected chi connectivity index (χ3v) is 8.78. The van der Waals surface area contributed by atoms with Crippen LogP contribution in [0.2, 0.25) is 10.0 Å². The second kappa shape index (κ2) is 9.41. The first-order chi connectivity index (χ1) is 17.5. The van der Waals surface area contributed by atoms with Gasteiger partial charge in [0, 0.05) is 21.9 Å². The number of aromatic nitrogens is 1. The van der Waals surface area contributed by atoms with Gasteiger partial charge in [-0.25, -0.2) is 4.98 Å². The van der Waals surface area contributed by atoms with E-state index in [1.807, 2.05) is 36.4 Å². The molecule has 5 aromatic rings. The summed E-state index contributed by atoms with van der Waals surface area (Å²) in [4.78, 5) is 19.2. The van der Waals surface area contributed by atoms with E-state index < -0.39 is 0 Å². The summed E-state index contributed by atoms with van der Waals surface area (Å²) in [5, 5.41) is 5.45. The number of hydrogen-bond acceptors (Lipinski definition) is 6. The standard InChI is InChI=1S/C27H18Cl2N2O3S2/c1-14-23(11-15-6-9-20-21(10-15)34-13-33-20)36-27(31-25(32)17-12-16(28)7-8-18(17)29)24(14)26-30-19-4-2-3-5-22(19)35-26/h2-10,12H,11,13H2,1H3,(H,31,32). The van der Waals surface area contributed by atoms with Gasteiger partial charge in [-0.1, -0.05) is 41.4 Å². The van der Waals surface area contributed by atoms with E-state index in [0.29, 0.717) is 22.0 Å². The lowest BCUT2D eigenvalue weighted by atomic mass is 10.1. The number of nitrogens with zero attached hydrogens (tertiary/aromatic N) is 1. The molecule has 36 heavy (non-hydrogen) atoms. The molecule has 0 radical (unpaired) electrons. The van der Waals surface area contributed by atoms with E-state index in [1.165, 1.54) is 11.3 Å². The molecular weight excluding hydrogens is 535 g/mol. The third kappa shape index (κ3) is 4.33. The summed E-state index contributed by atoms with van der Waals surface area (Å²) in [6.07, 6.45) is 0.679. The lowest BCUT2D eigenvalue weighted by molar-refractivity contribution is 0.102. The zero-order valence-electron chi connectivity index (χ0n) is 18.9. The number of thiazole rings is 1. The number of rotatable bonds is 5. The molecule has 0 bridgehead atoms. The number of nitrogens with one attached hydrogen (secondary N) is 1. The number of carbonyl (C=O) groups is 1. The molecule has 2 aromatic heterocycles. The first kappa shape index (κ1) is 23.3. The van der Waals surface area contributed by atoms with Gasteiger partial charge in [-0.3, -0.25) is 4.79 Å². The molecule has 1 aliphatic rings. The van der Waals surface area contributed by atoms with E-state index in [9.17, 15) is 4.79 Å². The molecule has 1 N–H and O–H groups in total. The van der Waals surface area contributed by atoms with Crippen molar-refractivity contribution in [2.24, 2.45) is 0 Å². The zero-order valence-corrected chi connectivity index (χ0v) is 22.1. The monoisotopic (exact) mass is 552 g/mol. The number of anilines is 1. The van der Waals surface area contributed by atoms with Gasteiger partial charge in [0.05, 0.1) is 20.8 Å². The molecule has 0 saturated heterocycles. The highest BCUT2D eigenvalue weighted by Gasteiger charge is 2.23. The minimum absolute atomic E-state index is 0.237. The van der Waals surface area contributed by atoms with Gasteiger partial charge in [0.1, 0.15) is 10.0 Å². The number of halogens is 2. The van der Waals surface area contributed by atoms with Crippen LogP contribution < -0.4 is 14.8 Å². The highest BCUT2D eigenvalue weighted by atomic mass is 35.5. The van der Waals surface area contributed by atoms with Gasteiger partial charge >= 0.3 is 0 Å². The van der Waals surface area contributed by atoms with Crippen LogP contribution >= 0.6 is 45.9 Å². The van der Waals surface area contributed by atoms with Gasteiger partial charge in [-0.05, 0) is 60.5 Å². The van der Waals surface area contributed by atoms with Crippen LogP contribution in [0.15, 0.2) is 60.7 Å². The van der Waals surface area contributed by atoms with Crippen LogP contribution in [0.1, 0.15) is 26.4 Å². The predicted molar refractivity (Wildman–Crippen MR) is 147 cm³/mol. The molecule has 3 heterocycles. The van der Waals surface area contributed by atoms with E-state index in [2.05, 4.69) is 18.3 Å². The molecule has 1 aliphatic heterocycles. The van der Waals surface area contributed by atoms with Crippen LogP contribution in [-0.2, 0) is 6.42 Å². The van der Waals surface area contributed by atoms with Crippen LogP contribution in [-0.4, -0.2) is 17.7 Å².